The van der Waals surface area contributed by atoms with E-state index in [0.717, 1.165) is 49.3 Å². The van der Waals surface area contributed by atoms with Crippen molar-refractivity contribution < 1.29 is 4.79 Å². The predicted octanol–water partition coefficient (Wildman–Crippen LogP) is 1.78. The summed E-state index contributed by atoms with van der Waals surface area (Å²) in [5.74, 6) is 0.248. The molecular weight excluding hydrogens is 224 g/mol. The van der Waals surface area contributed by atoms with Crippen LogP contribution >= 0.6 is 0 Å². The number of ketones is 1. The van der Waals surface area contributed by atoms with E-state index in [-0.39, 0.29) is 5.78 Å². The number of hydrogen-bond acceptors (Lipinski definition) is 3. The molecule has 1 heterocycles. The van der Waals surface area contributed by atoms with E-state index in [1.807, 2.05) is 26.0 Å². The number of carbonyl (C=O) groups is 1. The molecule has 1 aromatic carbocycles. The number of benzene rings is 1. The quantitative estimate of drug-likeness (QED) is 0.825. The molecule has 98 valence electrons. The third-order valence-corrected chi connectivity index (χ3v) is 3.49. The van der Waals surface area contributed by atoms with E-state index in [4.69, 9.17) is 0 Å². The van der Waals surface area contributed by atoms with Gasteiger partial charge >= 0.3 is 0 Å². The van der Waals surface area contributed by atoms with Crippen molar-refractivity contribution in [3.8, 4) is 0 Å². The molecule has 1 aliphatic heterocycles. The van der Waals surface area contributed by atoms with Crippen LogP contribution in [-0.4, -0.2) is 43.4 Å². The first kappa shape index (κ1) is 13.2. The van der Waals surface area contributed by atoms with Gasteiger partial charge < -0.3 is 5.32 Å². The average molecular weight is 246 g/mol. The van der Waals surface area contributed by atoms with E-state index in [0.29, 0.717) is 6.54 Å². The first-order valence-corrected chi connectivity index (χ1v) is 6.70. The molecular formula is C15H22N2O. The van der Waals surface area contributed by atoms with Gasteiger partial charge in [-0.2, -0.15) is 0 Å². The molecule has 1 aliphatic rings. The molecule has 18 heavy (non-hydrogen) atoms. The molecule has 0 atom stereocenters. The molecule has 1 fully saturated rings. The van der Waals surface area contributed by atoms with Crippen LogP contribution in [0.3, 0.4) is 0 Å². The number of Topliss-reactive ketones (excluding diaryl/α,β-unsaturated/α-hetero) is 1. The zero-order valence-electron chi connectivity index (χ0n) is 11.3. The van der Waals surface area contributed by atoms with Crippen LogP contribution in [0, 0.1) is 13.8 Å². The van der Waals surface area contributed by atoms with Gasteiger partial charge in [0.05, 0.1) is 6.54 Å². The van der Waals surface area contributed by atoms with E-state index in [2.05, 4.69) is 16.3 Å². The fourth-order valence-corrected chi connectivity index (χ4v) is 2.38. The Kier molecular flexibility index (Phi) is 4.50. The van der Waals surface area contributed by atoms with Gasteiger partial charge in [0.1, 0.15) is 0 Å². The van der Waals surface area contributed by atoms with Gasteiger partial charge in [-0.25, -0.2) is 0 Å². The fraction of sp³-hybridized carbons (Fsp3) is 0.533. The van der Waals surface area contributed by atoms with Crippen molar-refractivity contribution in [2.75, 3.05) is 32.7 Å². The Morgan fingerprint density at radius 1 is 1.28 bits per heavy atom. The molecule has 0 bridgehead atoms. The molecule has 0 saturated carbocycles. The topological polar surface area (TPSA) is 32.3 Å². The van der Waals surface area contributed by atoms with Gasteiger partial charge in [-0.05, 0) is 45.0 Å². The molecule has 3 nitrogen and oxygen atoms in total. The van der Waals surface area contributed by atoms with Crippen LogP contribution in [-0.2, 0) is 0 Å². The van der Waals surface area contributed by atoms with E-state index in [1.54, 1.807) is 0 Å². The Balaban J connectivity index is 2.04. The van der Waals surface area contributed by atoms with Crippen LogP contribution in [0.1, 0.15) is 27.9 Å². The summed E-state index contributed by atoms with van der Waals surface area (Å²) in [6.45, 7) is 8.63. The minimum absolute atomic E-state index is 0.248. The molecule has 0 spiro atoms. The Labute approximate surface area is 109 Å². The lowest BCUT2D eigenvalue weighted by Crippen LogP contribution is -2.33. The zero-order chi connectivity index (χ0) is 13.0. The summed E-state index contributed by atoms with van der Waals surface area (Å²) in [7, 11) is 0. The summed E-state index contributed by atoms with van der Waals surface area (Å²) in [6, 6.07) is 6.10. The first-order chi connectivity index (χ1) is 8.66. The van der Waals surface area contributed by atoms with Crippen LogP contribution < -0.4 is 5.32 Å². The molecule has 0 amide bonds. The maximum Gasteiger partial charge on any atom is 0.177 e. The van der Waals surface area contributed by atoms with Crippen LogP contribution in [0.5, 0.6) is 0 Å². The van der Waals surface area contributed by atoms with Crippen molar-refractivity contribution in [3.05, 3.63) is 34.9 Å². The Bertz CT molecular complexity index is 421. The summed E-state index contributed by atoms with van der Waals surface area (Å²) in [6.07, 6.45) is 1.13. The minimum atomic E-state index is 0.248. The highest BCUT2D eigenvalue weighted by Gasteiger charge is 2.15. The van der Waals surface area contributed by atoms with E-state index in [1.165, 1.54) is 0 Å². The van der Waals surface area contributed by atoms with Crippen molar-refractivity contribution in [1.82, 2.24) is 10.2 Å². The predicted molar refractivity (Wildman–Crippen MR) is 74.2 cm³/mol. The third-order valence-electron chi connectivity index (χ3n) is 3.49. The van der Waals surface area contributed by atoms with Gasteiger partial charge in [-0.1, -0.05) is 17.7 Å². The number of hydrogen-bond donors (Lipinski definition) is 1. The minimum Gasteiger partial charge on any atom is -0.315 e. The van der Waals surface area contributed by atoms with E-state index in [9.17, 15) is 4.79 Å². The van der Waals surface area contributed by atoms with Crippen molar-refractivity contribution >= 4 is 5.78 Å². The number of nitrogens with zero attached hydrogens (tertiary/aromatic N) is 1. The zero-order valence-corrected chi connectivity index (χ0v) is 11.3. The fourth-order valence-electron chi connectivity index (χ4n) is 2.38. The van der Waals surface area contributed by atoms with Crippen molar-refractivity contribution in [3.63, 3.8) is 0 Å². The number of carbonyl (C=O) groups excluding carboxylic acids is 1. The smallest absolute Gasteiger partial charge is 0.177 e. The third kappa shape index (κ3) is 3.40. The summed E-state index contributed by atoms with van der Waals surface area (Å²) >= 11 is 0. The Morgan fingerprint density at radius 2 is 2.11 bits per heavy atom. The highest BCUT2D eigenvalue weighted by atomic mass is 16.1. The average Bonchev–Trinajstić information content (AvgIpc) is 2.61. The van der Waals surface area contributed by atoms with Gasteiger partial charge in [0.15, 0.2) is 5.78 Å². The standard InChI is InChI=1S/C15H22N2O/c1-12-4-5-13(2)14(10-12)15(18)11-17-8-3-6-16-7-9-17/h4-5,10,16H,3,6-9,11H2,1-2H3. The van der Waals surface area contributed by atoms with Crippen LogP contribution in [0.25, 0.3) is 0 Å². The first-order valence-electron chi connectivity index (χ1n) is 6.70. The van der Waals surface area contributed by atoms with Crippen LogP contribution in [0.2, 0.25) is 0 Å². The number of rotatable bonds is 3. The molecule has 0 unspecified atom stereocenters. The summed E-state index contributed by atoms with van der Waals surface area (Å²) in [5, 5.41) is 3.36. The molecule has 1 aromatic rings. The van der Waals surface area contributed by atoms with Crippen molar-refractivity contribution in [2.24, 2.45) is 0 Å². The molecule has 0 aliphatic carbocycles. The summed E-state index contributed by atoms with van der Waals surface area (Å²) in [4.78, 5) is 14.6. The largest absolute Gasteiger partial charge is 0.315 e. The normalized spacial score (nSPS) is 17.4. The second kappa shape index (κ2) is 6.12. The SMILES string of the molecule is Cc1ccc(C)c(C(=O)CN2CCCNCC2)c1. The van der Waals surface area contributed by atoms with Crippen molar-refractivity contribution in [2.45, 2.75) is 20.3 Å². The summed E-state index contributed by atoms with van der Waals surface area (Å²) < 4.78 is 0. The van der Waals surface area contributed by atoms with Gasteiger partial charge in [0, 0.05) is 18.7 Å². The molecule has 1 saturated heterocycles. The van der Waals surface area contributed by atoms with E-state index >= 15 is 0 Å². The Hall–Kier alpha value is -1.19. The second-order valence-corrected chi connectivity index (χ2v) is 5.12. The van der Waals surface area contributed by atoms with E-state index < -0.39 is 0 Å². The lowest BCUT2D eigenvalue weighted by Gasteiger charge is -2.19. The lowest BCUT2D eigenvalue weighted by molar-refractivity contribution is 0.0934. The van der Waals surface area contributed by atoms with Crippen molar-refractivity contribution in [1.29, 1.82) is 0 Å². The second-order valence-electron chi connectivity index (χ2n) is 5.12. The Morgan fingerprint density at radius 3 is 2.94 bits per heavy atom. The summed E-state index contributed by atoms with van der Waals surface area (Å²) in [5.41, 5.74) is 3.12. The maximum atomic E-state index is 12.3. The van der Waals surface area contributed by atoms with Gasteiger partial charge in [-0.15, -0.1) is 0 Å². The van der Waals surface area contributed by atoms with Gasteiger partial charge in [-0.3, -0.25) is 9.69 Å². The number of aryl methyl sites for hydroxylation is 2. The number of nitrogens with one attached hydrogen (secondary N) is 1. The maximum absolute atomic E-state index is 12.3. The molecule has 0 aromatic heterocycles. The van der Waals surface area contributed by atoms with Gasteiger partial charge in [0.25, 0.3) is 0 Å². The monoisotopic (exact) mass is 246 g/mol. The van der Waals surface area contributed by atoms with Crippen LogP contribution in [0.4, 0.5) is 0 Å². The molecule has 1 N–H and O–H groups in total. The highest BCUT2D eigenvalue weighted by Crippen LogP contribution is 2.12. The molecule has 0 radical (unpaired) electrons. The lowest BCUT2D eigenvalue weighted by atomic mass is 10.0. The molecule has 2 rings (SSSR count). The molecule has 3 heteroatoms. The van der Waals surface area contributed by atoms with Gasteiger partial charge in [0.2, 0.25) is 0 Å². The highest BCUT2D eigenvalue weighted by molar-refractivity contribution is 5.99. The van der Waals surface area contributed by atoms with Crippen LogP contribution in [0.15, 0.2) is 18.2 Å².